The molecule has 2 aromatic rings. The molecule has 0 aromatic heterocycles. The summed E-state index contributed by atoms with van der Waals surface area (Å²) in [6, 6.07) is 17.1. The van der Waals surface area contributed by atoms with Crippen LogP contribution in [0.4, 0.5) is 0 Å². The van der Waals surface area contributed by atoms with Crippen LogP contribution in [0.15, 0.2) is 59.5 Å². The van der Waals surface area contributed by atoms with Gasteiger partial charge in [0.05, 0.1) is 16.6 Å². The van der Waals surface area contributed by atoms with Gasteiger partial charge in [-0.25, -0.2) is 8.42 Å². The molecule has 29 heavy (non-hydrogen) atoms. The zero-order valence-corrected chi connectivity index (χ0v) is 16.7. The van der Waals surface area contributed by atoms with Crippen molar-refractivity contribution in [1.82, 2.24) is 9.62 Å². The summed E-state index contributed by atoms with van der Waals surface area (Å²) in [6.45, 7) is 0.528. The van der Waals surface area contributed by atoms with Crippen molar-refractivity contribution >= 4 is 15.9 Å². The summed E-state index contributed by atoms with van der Waals surface area (Å²) >= 11 is 0. The van der Waals surface area contributed by atoms with E-state index in [2.05, 4.69) is 5.32 Å². The number of piperidine rings is 1. The molecule has 0 spiro atoms. The van der Waals surface area contributed by atoms with Gasteiger partial charge in [-0.05, 0) is 30.5 Å². The molecular formula is C21H23N3O4S. The van der Waals surface area contributed by atoms with Crippen molar-refractivity contribution in [1.29, 1.82) is 5.26 Å². The van der Waals surface area contributed by atoms with Crippen LogP contribution in [-0.4, -0.2) is 43.4 Å². The average Bonchev–Trinajstić information content (AvgIpc) is 2.77. The average molecular weight is 413 g/mol. The lowest BCUT2D eigenvalue weighted by Gasteiger charge is -2.31. The Balaban J connectivity index is 1.56. The number of benzene rings is 2. The second-order valence-corrected chi connectivity index (χ2v) is 8.86. The molecule has 1 aliphatic heterocycles. The van der Waals surface area contributed by atoms with E-state index >= 15 is 0 Å². The molecule has 2 N–H and O–H groups in total. The fourth-order valence-electron chi connectivity index (χ4n) is 3.42. The predicted octanol–water partition coefficient (Wildman–Crippen LogP) is 1.81. The number of aliphatic hydroxyl groups excluding tert-OH is 1. The number of nitrogens with one attached hydrogen (secondary N) is 1. The maximum atomic E-state index is 12.9. The van der Waals surface area contributed by atoms with E-state index in [9.17, 15) is 23.6 Å². The van der Waals surface area contributed by atoms with Gasteiger partial charge in [0.25, 0.3) is 0 Å². The Bertz CT molecular complexity index is 994. The Morgan fingerprint density at radius 1 is 1.14 bits per heavy atom. The summed E-state index contributed by atoms with van der Waals surface area (Å²) in [6.07, 6.45) is -0.00861. The van der Waals surface area contributed by atoms with Gasteiger partial charge in [-0.2, -0.15) is 9.57 Å². The van der Waals surface area contributed by atoms with Gasteiger partial charge >= 0.3 is 0 Å². The van der Waals surface area contributed by atoms with Crippen molar-refractivity contribution in [3.63, 3.8) is 0 Å². The first kappa shape index (κ1) is 21.0. The van der Waals surface area contributed by atoms with Crippen LogP contribution in [0.25, 0.3) is 0 Å². The highest BCUT2D eigenvalue weighted by atomic mass is 32.2. The van der Waals surface area contributed by atoms with Gasteiger partial charge in [0.1, 0.15) is 6.07 Å². The van der Waals surface area contributed by atoms with Crippen LogP contribution in [0.3, 0.4) is 0 Å². The minimum Gasteiger partial charge on any atom is -0.387 e. The number of rotatable bonds is 6. The van der Waals surface area contributed by atoms with Crippen LogP contribution in [0.1, 0.15) is 30.1 Å². The summed E-state index contributed by atoms with van der Waals surface area (Å²) in [4.78, 5) is 12.4. The zero-order valence-electron chi connectivity index (χ0n) is 15.9. The van der Waals surface area contributed by atoms with E-state index in [0.717, 1.165) is 5.56 Å². The molecule has 2 aromatic carbocycles. The van der Waals surface area contributed by atoms with E-state index in [4.69, 9.17) is 0 Å². The Hall–Kier alpha value is -2.73. The molecule has 3 rings (SSSR count). The molecule has 8 heteroatoms. The molecule has 1 saturated heterocycles. The number of carbonyl (C=O) groups is 1. The third-order valence-electron chi connectivity index (χ3n) is 5.10. The summed E-state index contributed by atoms with van der Waals surface area (Å²) in [5.74, 6) is -0.495. The van der Waals surface area contributed by atoms with Crippen LogP contribution in [0.5, 0.6) is 0 Å². The summed E-state index contributed by atoms with van der Waals surface area (Å²) in [5, 5.41) is 22.1. The normalized spacial score (nSPS) is 16.7. The fraction of sp³-hybridized carbons (Fsp3) is 0.333. The van der Waals surface area contributed by atoms with Crippen molar-refractivity contribution in [3.05, 3.63) is 65.7 Å². The van der Waals surface area contributed by atoms with E-state index in [-0.39, 0.29) is 41.9 Å². The molecule has 0 bridgehead atoms. The number of hydrogen-bond donors (Lipinski definition) is 2. The SMILES string of the molecule is N#Cc1ccccc1S(=O)(=O)N1CCC(C(=O)NCC(O)c2ccccc2)CC1. The molecule has 1 atom stereocenters. The van der Waals surface area contributed by atoms with Crippen molar-refractivity contribution in [2.24, 2.45) is 5.92 Å². The maximum absolute atomic E-state index is 12.9. The van der Waals surface area contributed by atoms with Gasteiger partial charge < -0.3 is 10.4 Å². The molecule has 1 unspecified atom stereocenters. The van der Waals surface area contributed by atoms with E-state index in [1.807, 2.05) is 24.3 Å². The van der Waals surface area contributed by atoms with Gasteiger partial charge in [0.2, 0.25) is 15.9 Å². The molecule has 1 heterocycles. The van der Waals surface area contributed by atoms with Gasteiger partial charge in [-0.1, -0.05) is 42.5 Å². The fourth-order valence-corrected chi connectivity index (χ4v) is 5.03. The highest BCUT2D eigenvalue weighted by Crippen LogP contribution is 2.26. The largest absolute Gasteiger partial charge is 0.387 e. The zero-order chi connectivity index (χ0) is 20.9. The third-order valence-corrected chi connectivity index (χ3v) is 7.06. The number of nitriles is 1. The van der Waals surface area contributed by atoms with Crippen molar-refractivity contribution < 1.29 is 18.3 Å². The topological polar surface area (TPSA) is 111 Å². The number of sulfonamides is 1. The van der Waals surface area contributed by atoms with Crippen LogP contribution in [-0.2, 0) is 14.8 Å². The molecule has 0 saturated carbocycles. The third kappa shape index (κ3) is 4.82. The van der Waals surface area contributed by atoms with Gasteiger partial charge in [0.15, 0.2) is 0 Å². The van der Waals surface area contributed by atoms with Crippen molar-refractivity contribution in [3.8, 4) is 6.07 Å². The molecule has 1 amide bonds. The van der Waals surface area contributed by atoms with E-state index < -0.39 is 16.1 Å². The van der Waals surface area contributed by atoms with Crippen LogP contribution in [0.2, 0.25) is 0 Å². The second kappa shape index (κ2) is 9.18. The van der Waals surface area contributed by atoms with Crippen LogP contribution >= 0.6 is 0 Å². The Labute approximate surface area is 170 Å². The minimum atomic E-state index is -3.78. The van der Waals surface area contributed by atoms with Crippen molar-refractivity contribution in [2.75, 3.05) is 19.6 Å². The van der Waals surface area contributed by atoms with Crippen LogP contribution in [0, 0.1) is 17.2 Å². The molecule has 152 valence electrons. The molecule has 1 aliphatic rings. The first-order valence-corrected chi connectivity index (χ1v) is 10.9. The summed E-state index contributed by atoms with van der Waals surface area (Å²) in [7, 11) is -3.78. The van der Waals surface area contributed by atoms with Gasteiger partial charge in [-0.3, -0.25) is 4.79 Å². The predicted molar refractivity (Wildman–Crippen MR) is 107 cm³/mol. The highest BCUT2D eigenvalue weighted by Gasteiger charge is 2.33. The number of nitrogens with zero attached hydrogens (tertiary/aromatic N) is 2. The summed E-state index contributed by atoms with van der Waals surface area (Å²) < 4.78 is 27.0. The molecule has 0 aliphatic carbocycles. The van der Waals surface area contributed by atoms with E-state index in [0.29, 0.717) is 12.8 Å². The molecule has 1 fully saturated rings. The molecule has 7 nitrogen and oxygen atoms in total. The lowest BCUT2D eigenvalue weighted by atomic mass is 9.97. The first-order valence-electron chi connectivity index (χ1n) is 9.43. The number of carbonyl (C=O) groups excluding carboxylic acids is 1. The Morgan fingerprint density at radius 2 is 1.76 bits per heavy atom. The van der Waals surface area contributed by atoms with Crippen LogP contribution < -0.4 is 5.32 Å². The lowest BCUT2D eigenvalue weighted by molar-refractivity contribution is -0.126. The van der Waals surface area contributed by atoms with E-state index in [1.165, 1.54) is 16.4 Å². The Morgan fingerprint density at radius 3 is 2.41 bits per heavy atom. The van der Waals surface area contributed by atoms with Gasteiger partial charge in [0, 0.05) is 25.6 Å². The number of hydrogen-bond acceptors (Lipinski definition) is 5. The maximum Gasteiger partial charge on any atom is 0.244 e. The summed E-state index contributed by atoms with van der Waals surface area (Å²) in [5.41, 5.74) is 0.840. The number of aliphatic hydroxyl groups is 1. The molecular weight excluding hydrogens is 390 g/mol. The lowest BCUT2D eigenvalue weighted by Crippen LogP contribution is -2.43. The first-order chi connectivity index (χ1) is 13.9. The highest BCUT2D eigenvalue weighted by molar-refractivity contribution is 7.89. The quantitative estimate of drug-likeness (QED) is 0.750. The standard InChI is InChI=1S/C21H23N3O4S/c22-14-18-8-4-5-9-20(18)29(27,28)24-12-10-17(11-13-24)21(26)23-15-19(25)16-6-2-1-3-7-16/h1-9,17,19,25H,10-13,15H2,(H,23,26). The number of amides is 1. The minimum absolute atomic E-state index is 0.00335. The van der Waals surface area contributed by atoms with Gasteiger partial charge in [-0.15, -0.1) is 0 Å². The smallest absolute Gasteiger partial charge is 0.244 e. The Kier molecular flexibility index (Phi) is 6.64. The molecule has 0 radical (unpaired) electrons. The van der Waals surface area contributed by atoms with Crippen molar-refractivity contribution in [2.45, 2.75) is 23.8 Å². The second-order valence-electron chi connectivity index (χ2n) is 6.96. The van der Waals surface area contributed by atoms with E-state index in [1.54, 1.807) is 24.3 Å². The monoisotopic (exact) mass is 413 g/mol.